The Labute approximate surface area is 114 Å². The van der Waals surface area contributed by atoms with Crippen LogP contribution in [0.25, 0.3) is 0 Å². The molecule has 1 rings (SSSR count). The summed E-state index contributed by atoms with van der Waals surface area (Å²) in [5.74, 6) is -2.36. The van der Waals surface area contributed by atoms with E-state index in [1.807, 2.05) is 13.8 Å². The van der Waals surface area contributed by atoms with Gasteiger partial charge in [0.2, 0.25) is 0 Å². The van der Waals surface area contributed by atoms with Crippen LogP contribution in [0.4, 0.5) is 0 Å². The molecule has 0 aliphatic carbocycles. The van der Waals surface area contributed by atoms with Crippen molar-refractivity contribution in [3.8, 4) is 0 Å². The van der Waals surface area contributed by atoms with E-state index in [-0.39, 0.29) is 0 Å². The second-order valence-electron chi connectivity index (χ2n) is 3.65. The van der Waals surface area contributed by atoms with E-state index in [9.17, 15) is 14.4 Å². The fraction of sp³-hybridized carbons (Fsp3) is 0.250. The van der Waals surface area contributed by atoms with Crippen molar-refractivity contribution < 1.29 is 19.5 Å². The van der Waals surface area contributed by atoms with Crippen molar-refractivity contribution in [3.05, 3.63) is 33.5 Å². The molecule has 3 N–H and O–H groups in total. The number of aliphatic carboxylic acids is 1. The van der Waals surface area contributed by atoms with Crippen LogP contribution in [0.3, 0.4) is 0 Å². The van der Waals surface area contributed by atoms with Crippen LogP contribution in [0.1, 0.15) is 27.7 Å². The first kappa shape index (κ1) is 14.9. The van der Waals surface area contributed by atoms with Crippen molar-refractivity contribution in [1.29, 1.82) is 0 Å². The molecule has 0 aromatic carbocycles. The number of aryl methyl sites for hydroxylation is 1. The van der Waals surface area contributed by atoms with Gasteiger partial charge in [-0.3, -0.25) is 20.4 Å². The molecule has 102 valence electrons. The lowest BCUT2D eigenvalue weighted by molar-refractivity contribution is -0.131. The number of nitrogens with one attached hydrogen (secondary N) is 2. The van der Waals surface area contributed by atoms with Crippen molar-refractivity contribution in [2.24, 2.45) is 0 Å². The van der Waals surface area contributed by atoms with Crippen molar-refractivity contribution in [2.45, 2.75) is 20.3 Å². The Bertz CT molecular complexity index is 534. The molecule has 2 amide bonds. The number of thiophene rings is 1. The number of carboxylic acids is 1. The molecule has 0 saturated heterocycles. The molecule has 0 aliphatic rings. The molecule has 0 radical (unpaired) electrons. The largest absolute Gasteiger partial charge is 0.478 e. The average Bonchev–Trinajstić information content (AvgIpc) is 2.74. The van der Waals surface area contributed by atoms with Gasteiger partial charge in [-0.25, -0.2) is 4.79 Å². The summed E-state index contributed by atoms with van der Waals surface area (Å²) in [4.78, 5) is 34.2. The molecule has 1 aromatic rings. The topological polar surface area (TPSA) is 95.5 Å². The van der Waals surface area contributed by atoms with Crippen LogP contribution in [0.2, 0.25) is 0 Å². The van der Waals surface area contributed by atoms with Crippen LogP contribution in [0.5, 0.6) is 0 Å². The summed E-state index contributed by atoms with van der Waals surface area (Å²) in [5, 5.41) is 10.1. The van der Waals surface area contributed by atoms with E-state index in [4.69, 9.17) is 5.11 Å². The number of carboxylic acid groups (broad SMARTS) is 1. The Kier molecular flexibility index (Phi) is 5.25. The number of hydrogen-bond donors (Lipinski definition) is 3. The van der Waals surface area contributed by atoms with E-state index in [0.29, 0.717) is 11.6 Å². The van der Waals surface area contributed by atoms with Crippen LogP contribution >= 0.6 is 11.3 Å². The Balaban J connectivity index is 2.61. The number of carbonyl (C=O) groups is 3. The third kappa shape index (κ3) is 4.22. The summed E-state index contributed by atoms with van der Waals surface area (Å²) in [5.41, 5.74) is 5.81. The normalized spacial score (nSPS) is 10.4. The second kappa shape index (κ2) is 6.69. The SMILES string of the molecule is CCc1c(C(=O)NNC(=O)C=CC(=O)O)csc1C. The molecule has 7 heteroatoms. The Hall–Kier alpha value is -2.15. The molecule has 0 aliphatic heterocycles. The molecule has 0 bridgehead atoms. The third-order valence-electron chi connectivity index (χ3n) is 2.38. The monoisotopic (exact) mass is 282 g/mol. The smallest absolute Gasteiger partial charge is 0.328 e. The minimum Gasteiger partial charge on any atom is -0.478 e. The maximum atomic E-state index is 11.8. The predicted molar refractivity (Wildman–Crippen MR) is 70.8 cm³/mol. The first-order valence-electron chi connectivity index (χ1n) is 5.54. The van der Waals surface area contributed by atoms with Crippen LogP contribution in [0, 0.1) is 6.92 Å². The zero-order chi connectivity index (χ0) is 14.4. The lowest BCUT2D eigenvalue weighted by Gasteiger charge is -2.05. The molecule has 0 unspecified atom stereocenters. The van der Waals surface area contributed by atoms with Crippen LogP contribution in [0.15, 0.2) is 17.5 Å². The quantitative estimate of drug-likeness (QED) is 0.567. The maximum Gasteiger partial charge on any atom is 0.328 e. The molecule has 1 aromatic heterocycles. The van der Waals surface area contributed by atoms with E-state index in [2.05, 4.69) is 10.9 Å². The maximum absolute atomic E-state index is 11.8. The summed E-state index contributed by atoms with van der Waals surface area (Å²) in [7, 11) is 0. The van der Waals surface area contributed by atoms with E-state index < -0.39 is 17.8 Å². The predicted octanol–water partition coefficient (Wildman–Crippen LogP) is 1.02. The van der Waals surface area contributed by atoms with Gasteiger partial charge >= 0.3 is 5.97 Å². The highest BCUT2D eigenvalue weighted by Gasteiger charge is 2.14. The van der Waals surface area contributed by atoms with Crippen LogP contribution in [-0.2, 0) is 16.0 Å². The number of carbonyl (C=O) groups excluding carboxylic acids is 2. The van der Waals surface area contributed by atoms with Crippen LogP contribution in [-0.4, -0.2) is 22.9 Å². The summed E-state index contributed by atoms with van der Waals surface area (Å²) in [6.45, 7) is 3.87. The standard InChI is InChI=1S/C12H14N2O4S/c1-3-8-7(2)19-6-9(8)12(18)14-13-10(15)4-5-11(16)17/h4-6H,3H2,1-2H3,(H,13,15)(H,14,18)(H,16,17). The lowest BCUT2D eigenvalue weighted by atomic mass is 10.1. The van der Waals surface area contributed by atoms with Gasteiger partial charge in [0.15, 0.2) is 0 Å². The molecule has 0 fully saturated rings. The highest BCUT2D eigenvalue weighted by atomic mass is 32.1. The van der Waals surface area contributed by atoms with Gasteiger partial charge in [-0.1, -0.05) is 6.92 Å². The van der Waals surface area contributed by atoms with Gasteiger partial charge in [-0.15, -0.1) is 11.3 Å². The summed E-state index contributed by atoms with van der Waals surface area (Å²) in [6.07, 6.45) is 2.24. The van der Waals surface area contributed by atoms with Gasteiger partial charge < -0.3 is 5.11 Å². The zero-order valence-electron chi connectivity index (χ0n) is 10.5. The minimum absolute atomic E-state index is 0.418. The molecule has 19 heavy (non-hydrogen) atoms. The molecule has 1 heterocycles. The highest BCUT2D eigenvalue weighted by molar-refractivity contribution is 7.10. The van der Waals surface area contributed by atoms with Gasteiger partial charge in [-0.2, -0.15) is 0 Å². The Morgan fingerprint density at radius 2 is 2.00 bits per heavy atom. The number of hydrogen-bond acceptors (Lipinski definition) is 4. The number of rotatable bonds is 4. The third-order valence-corrected chi connectivity index (χ3v) is 3.33. The average molecular weight is 282 g/mol. The molecule has 0 atom stereocenters. The molecule has 6 nitrogen and oxygen atoms in total. The van der Waals surface area contributed by atoms with Crippen molar-refractivity contribution in [1.82, 2.24) is 10.9 Å². The first-order valence-corrected chi connectivity index (χ1v) is 6.42. The Morgan fingerprint density at radius 1 is 1.32 bits per heavy atom. The number of amides is 2. The van der Waals surface area contributed by atoms with Crippen molar-refractivity contribution in [3.63, 3.8) is 0 Å². The van der Waals surface area contributed by atoms with E-state index >= 15 is 0 Å². The van der Waals surface area contributed by atoms with Gasteiger partial charge in [0.25, 0.3) is 11.8 Å². The summed E-state index contributed by atoms with van der Waals surface area (Å²) < 4.78 is 0. The zero-order valence-corrected chi connectivity index (χ0v) is 11.3. The molecule has 0 saturated carbocycles. The molecular formula is C12H14N2O4S. The van der Waals surface area contributed by atoms with Gasteiger partial charge in [-0.05, 0) is 18.9 Å². The van der Waals surface area contributed by atoms with E-state index in [1.54, 1.807) is 5.38 Å². The highest BCUT2D eigenvalue weighted by Crippen LogP contribution is 2.21. The van der Waals surface area contributed by atoms with Crippen LogP contribution < -0.4 is 10.9 Å². The minimum atomic E-state index is -1.23. The number of hydrazine groups is 1. The second-order valence-corrected chi connectivity index (χ2v) is 4.74. The van der Waals surface area contributed by atoms with Crippen molar-refractivity contribution in [2.75, 3.05) is 0 Å². The van der Waals surface area contributed by atoms with E-state index in [1.165, 1.54) is 11.3 Å². The molecule has 0 spiro atoms. The van der Waals surface area contributed by atoms with Gasteiger partial charge in [0.1, 0.15) is 0 Å². The molecular weight excluding hydrogens is 268 g/mol. The van der Waals surface area contributed by atoms with Crippen molar-refractivity contribution >= 4 is 29.1 Å². The summed E-state index contributed by atoms with van der Waals surface area (Å²) in [6, 6.07) is 0. The fourth-order valence-corrected chi connectivity index (χ4v) is 2.42. The van der Waals surface area contributed by atoms with E-state index in [0.717, 1.165) is 22.9 Å². The van der Waals surface area contributed by atoms with Gasteiger partial charge in [0, 0.05) is 22.4 Å². The fourth-order valence-electron chi connectivity index (χ4n) is 1.48. The van der Waals surface area contributed by atoms with Gasteiger partial charge in [0.05, 0.1) is 5.56 Å². The first-order chi connectivity index (χ1) is 8.95. The summed E-state index contributed by atoms with van der Waals surface area (Å²) >= 11 is 1.47. The Morgan fingerprint density at radius 3 is 2.58 bits per heavy atom. The lowest BCUT2D eigenvalue weighted by Crippen LogP contribution is -2.41.